The fourth-order valence-corrected chi connectivity index (χ4v) is 1.32. The fourth-order valence-electron chi connectivity index (χ4n) is 1.32. The average molecular weight is 262 g/mol. The van der Waals surface area contributed by atoms with Crippen LogP contribution in [0.3, 0.4) is 0 Å². The number of rotatable bonds is 7. The summed E-state index contributed by atoms with van der Waals surface area (Å²) < 4.78 is 10.6. The van der Waals surface area contributed by atoms with Crippen molar-refractivity contribution in [2.75, 3.05) is 19.8 Å². The van der Waals surface area contributed by atoms with Crippen molar-refractivity contribution in [3.05, 3.63) is 23.8 Å². The monoisotopic (exact) mass is 262 g/mol. The zero-order valence-corrected chi connectivity index (χ0v) is 10.5. The van der Waals surface area contributed by atoms with Crippen LogP contribution in [0.4, 0.5) is 0 Å². The molecular formula is C13H14N2O4. The highest BCUT2D eigenvalue weighted by Gasteiger charge is 2.08. The van der Waals surface area contributed by atoms with Crippen molar-refractivity contribution in [1.29, 1.82) is 5.26 Å². The van der Waals surface area contributed by atoms with Crippen molar-refractivity contribution in [3.8, 4) is 17.6 Å². The Morgan fingerprint density at radius 1 is 1.42 bits per heavy atom. The standard InChI is InChI=1S/C13H14N2O4/c1-2-18-12-7-10(8-16)3-4-11(12)19-9-13(17)15-6-5-14/h3-4,7-8H,2,6,9H2,1H3,(H,15,17). The second kappa shape index (κ2) is 7.71. The molecule has 0 fully saturated rings. The molecule has 1 N–H and O–H groups in total. The predicted octanol–water partition coefficient (Wildman–Crippen LogP) is 0.916. The summed E-state index contributed by atoms with van der Waals surface area (Å²) in [6.45, 7) is 1.93. The number of ether oxygens (including phenoxy) is 2. The van der Waals surface area contributed by atoms with Gasteiger partial charge >= 0.3 is 0 Å². The number of nitrogens with zero attached hydrogens (tertiary/aromatic N) is 1. The minimum Gasteiger partial charge on any atom is -0.490 e. The normalized spacial score (nSPS) is 9.26. The third-order valence-electron chi connectivity index (χ3n) is 2.13. The first-order valence-corrected chi connectivity index (χ1v) is 5.69. The minimum absolute atomic E-state index is 0.0649. The Hall–Kier alpha value is -2.55. The molecule has 0 aliphatic carbocycles. The van der Waals surface area contributed by atoms with E-state index in [4.69, 9.17) is 14.7 Å². The second-order valence-corrected chi connectivity index (χ2v) is 3.48. The maximum Gasteiger partial charge on any atom is 0.258 e. The van der Waals surface area contributed by atoms with E-state index in [0.717, 1.165) is 0 Å². The smallest absolute Gasteiger partial charge is 0.258 e. The van der Waals surface area contributed by atoms with Crippen LogP contribution in [0, 0.1) is 11.3 Å². The van der Waals surface area contributed by atoms with E-state index in [0.29, 0.717) is 30.0 Å². The lowest BCUT2D eigenvalue weighted by Gasteiger charge is -2.11. The van der Waals surface area contributed by atoms with Crippen LogP contribution >= 0.6 is 0 Å². The first-order valence-electron chi connectivity index (χ1n) is 5.69. The Balaban J connectivity index is 2.69. The summed E-state index contributed by atoms with van der Waals surface area (Å²) in [4.78, 5) is 22.0. The van der Waals surface area contributed by atoms with Gasteiger partial charge in [0.05, 0.1) is 12.7 Å². The van der Waals surface area contributed by atoms with E-state index in [1.54, 1.807) is 31.2 Å². The molecule has 0 aliphatic rings. The summed E-state index contributed by atoms with van der Waals surface area (Å²) in [6.07, 6.45) is 0.700. The second-order valence-electron chi connectivity index (χ2n) is 3.48. The van der Waals surface area contributed by atoms with Gasteiger partial charge in [-0.3, -0.25) is 9.59 Å². The van der Waals surface area contributed by atoms with Crippen LogP contribution in [0.2, 0.25) is 0 Å². The van der Waals surface area contributed by atoms with E-state index in [1.165, 1.54) is 0 Å². The van der Waals surface area contributed by atoms with Crippen molar-refractivity contribution in [3.63, 3.8) is 0 Å². The van der Waals surface area contributed by atoms with Crippen molar-refractivity contribution >= 4 is 12.2 Å². The van der Waals surface area contributed by atoms with Gasteiger partial charge in [0.15, 0.2) is 18.1 Å². The summed E-state index contributed by atoms with van der Waals surface area (Å²) in [7, 11) is 0. The number of amides is 1. The molecule has 1 rings (SSSR count). The molecule has 0 heterocycles. The van der Waals surface area contributed by atoms with Crippen LogP contribution in [-0.2, 0) is 4.79 Å². The van der Waals surface area contributed by atoms with E-state index < -0.39 is 5.91 Å². The van der Waals surface area contributed by atoms with Gasteiger partial charge in [-0.2, -0.15) is 5.26 Å². The molecule has 0 radical (unpaired) electrons. The molecule has 1 aromatic rings. The Morgan fingerprint density at radius 2 is 2.21 bits per heavy atom. The minimum atomic E-state index is -0.400. The first-order chi connectivity index (χ1) is 9.21. The molecule has 0 aliphatic heterocycles. The van der Waals surface area contributed by atoms with Crippen LogP contribution in [0.25, 0.3) is 0 Å². The molecule has 0 saturated carbocycles. The molecule has 19 heavy (non-hydrogen) atoms. The van der Waals surface area contributed by atoms with Crippen molar-refractivity contribution in [2.45, 2.75) is 6.92 Å². The zero-order valence-electron chi connectivity index (χ0n) is 10.5. The third kappa shape index (κ3) is 4.68. The number of nitrogens with one attached hydrogen (secondary N) is 1. The molecule has 1 aromatic carbocycles. The fraction of sp³-hybridized carbons (Fsp3) is 0.308. The van der Waals surface area contributed by atoms with Gasteiger partial charge in [0.1, 0.15) is 12.8 Å². The number of hydrogen-bond acceptors (Lipinski definition) is 5. The van der Waals surface area contributed by atoms with Crippen LogP contribution in [0.1, 0.15) is 17.3 Å². The predicted molar refractivity (Wildman–Crippen MR) is 67.1 cm³/mol. The molecule has 0 aromatic heterocycles. The van der Waals surface area contributed by atoms with Gasteiger partial charge < -0.3 is 14.8 Å². The molecule has 0 bridgehead atoms. The van der Waals surface area contributed by atoms with Gasteiger partial charge in [0.25, 0.3) is 5.91 Å². The van der Waals surface area contributed by atoms with E-state index in [-0.39, 0.29) is 13.2 Å². The molecule has 6 nitrogen and oxygen atoms in total. The molecular weight excluding hydrogens is 248 g/mol. The van der Waals surface area contributed by atoms with Crippen LogP contribution in [-0.4, -0.2) is 32.0 Å². The molecule has 100 valence electrons. The highest BCUT2D eigenvalue weighted by atomic mass is 16.5. The molecule has 0 saturated heterocycles. The first kappa shape index (κ1) is 14.5. The summed E-state index contributed by atoms with van der Waals surface area (Å²) in [5.41, 5.74) is 0.463. The Bertz CT molecular complexity index is 494. The van der Waals surface area contributed by atoms with Crippen LogP contribution in [0.15, 0.2) is 18.2 Å². The van der Waals surface area contributed by atoms with Gasteiger partial charge in [-0.25, -0.2) is 0 Å². The molecule has 0 unspecified atom stereocenters. The van der Waals surface area contributed by atoms with Crippen LogP contribution < -0.4 is 14.8 Å². The highest BCUT2D eigenvalue weighted by molar-refractivity contribution is 5.78. The Morgan fingerprint density at radius 3 is 2.84 bits per heavy atom. The van der Waals surface area contributed by atoms with Gasteiger partial charge in [-0.15, -0.1) is 0 Å². The SMILES string of the molecule is CCOc1cc(C=O)ccc1OCC(=O)NCC#N. The topological polar surface area (TPSA) is 88.4 Å². The zero-order chi connectivity index (χ0) is 14.1. The number of hydrogen-bond donors (Lipinski definition) is 1. The summed E-state index contributed by atoms with van der Waals surface area (Å²) >= 11 is 0. The van der Waals surface area contributed by atoms with E-state index in [9.17, 15) is 9.59 Å². The van der Waals surface area contributed by atoms with E-state index >= 15 is 0 Å². The summed E-state index contributed by atoms with van der Waals surface area (Å²) in [6, 6.07) is 6.46. The van der Waals surface area contributed by atoms with Gasteiger partial charge in [0.2, 0.25) is 0 Å². The summed E-state index contributed by atoms with van der Waals surface area (Å²) in [5, 5.41) is 10.7. The number of benzene rings is 1. The number of carbonyl (C=O) groups excluding carboxylic acids is 2. The van der Waals surface area contributed by atoms with Crippen molar-refractivity contribution in [2.24, 2.45) is 0 Å². The van der Waals surface area contributed by atoms with Crippen molar-refractivity contribution < 1.29 is 19.1 Å². The van der Waals surface area contributed by atoms with Crippen LogP contribution in [0.5, 0.6) is 11.5 Å². The average Bonchev–Trinajstić information content (AvgIpc) is 2.43. The lowest BCUT2D eigenvalue weighted by atomic mass is 10.2. The molecule has 6 heteroatoms. The van der Waals surface area contributed by atoms with Gasteiger partial charge in [-0.05, 0) is 25.1 Å². The third-order valence-corrected chi connectivity index (χ3v) is 2.13. The molecule has 1 amide bonds. The largest absolute Gasteiger partial charge is 0.490 e. The lowest BCUT2D eigenvalue weighted by Crippen LogP contribution is -2.29. The maximum atomic E-state index is 11.3. The number of carbonyl (C=O) groups is 2. The number of nitriles is 1. The number of aldehydes is 1. The molecule has 0 spiro atoms. The Labute approximate surface area is 110 Å². The van der Waals surface area contributed by atoms with E-state index in [1.807, 2.05) is 0 Å². The summed E-state index contributed by atoms with van der Waals surface area (Å²) in [5.74, 6) is 0.378. The highest BCUT2D eigenvalue weighted by Crippen LogP contribution is 2.27. The maximum absolute atomic E-state index is 11.3. The van der Waals surface area contributed by atoms with Gasteiger partial charge in [-0.1, -0.05) is 0 Å². The lowest BCUT2D eigenvalue weighted by molar-refractivity contribution is -0.122. The van der Waals surface area contributed by atoms with Gasteiger partial charge in [0, 0.05) is 5.56 Å². The van der Waals surface area contributed by atoms with Crippen molar-refractivity contribution in [1.82, 2.24) is 5.32 Å². The quantitative estimate of drug-likeness (QED) is 0.583. The molecule has 0 atom stereocenters. The Kier molecular flexibility index (Phi) is 5.89. The van der Waals surface area contributed by atoms with E-state index in [2.05, 4.69) is 5.32 Å².